The molecule has 0 amide bonds. The molecule has 0 aliphatic heterocycles. The highest BCUT2D eigenvalue weighted by molar-refractivity contribution is 5.99. The lowest BCUT2D eigenvalue weighted by atomic mass is 9.94. The van der Waals surface area contributed by atoms with E-state index in [-0.39, 0.29) is 5.82 Å². The first-order valence-corrected chi connectivity index (χ1v) is 7.26. The highest BCUT2D eigenvalue weighted by atomic mass is 19.1. The van der Waals surface area contributed by atoms with E-state index in [9.17, 15) is 4.39 Å². The van der Waals surface area contributed by atoms with Gasteiger partial charge in [0.15, 0.2) is 0 Å². The first-order valence-electron chi connectivity index (χ1n) is 7.26. The summed E-state index contributed by atoms with van der Waals surface area (Å²) in [5, 5.41) is 3.95. The molecule has 0 bridgehead atoms. The van der Waals surface area contributed by atoms with Crippen LogP contribution in [-0.2, 0) is 11.3 Å². The maximum atomic E-state index is 13.7. The zero-order valence-electron chi connectivity index (χ0n) is 13.6. The first kappa shape index (κ1) is 16.7. The molecule has 2 aromatic rings. The van der Waals surface area contributed by atoms with E-state index in [1.807, 2.05) is 31.2 Å². The lowest BCUT2D eigenvalue weighted by Crippen LogP contribution is -1.99. The molecule has 0 atom stereocenters. The summed E-state index contributed by atoms with van der Waals surface area (Å²) in [6.07, 6.45) is 2.47. The molecule has 0 aromatic heterocycles. The van der Waals surface area contributed by atoms with Crippen LogP contribution in [0.3, 0.4) is 0 Å². The molecule has 23 heavy (non-hydrogen) atoms. The lowest BCUT2D eigenvalue weighted by Gasteiger charge is -2.14. The molecule has 0 spiro atoms. The molecule has 0 N–H and O–H groups in total. The van der Waals surface area contributed by atoms with Crippen LogP contribution in [0.1, 0.15) is 18.1 Å². The number of allylic oxidation sites excluding steroid dienone is 1. The molecule has 0 saturated carbocycles. The standard InChI is InChI=1S/C19H20FNO2/c1-5-6-15-11-14(13(2)21-23-4)7-9-17(15)18-12-16(20)8-10-19(18)22-3/h5,7-12H,1,6H2,2-4H3. The summed E-state index contributed by atoms with van der Waals surface area (Å²) in [5.74, 6) is 0.332. The second-order valence-electron chi connectivity index (χ2n) is 5.07. The number of rotatable bonds is 6. The molecular formula is C19H20FNO2. The van der Waals surface area contributed by atoms with Gasteiger partial charge in [0.25, 0.3) is 0 Å². The molecule has 4 heteroatoms. The van der Waals surface area contributed by atoms with Crippen molar-refractivity contribution >= 4 is 5.71 Å². The van der Waals surface area contributed by atoms with Gasteiger partial charge in [-0.3, -0.25) is 0 Å². The van der Waals surface area contributed by atoms with E-state index >= 15 is 0 Å². The summed E-state index contributed by atoms with van der Waals surface area (Å²) in [6, 6.07) is 10.4. The Labute approximate surface area is 136 Å². The SMILES string of the molecule is C=CCc1cc(C(C)=NOC)ccc1-c1cc(F)ccc1OC. The Morgan fingerprint density at radius 1 is 1.17 bits per heavy atom. The third kappa shape index (κ3) is 3.77. The van der Waals surface area contributed by atoms with E-state index in [2.05, 4.69) is 11.7 Å². The van der Waals surface area contributed by atoms with Crippen molar-refractivity contribution in [3.8, 4) is 16.9 Å². The third-order valence-corrected chi connectivity index (χ3v) is 3.57. The van der Waals surface area contributed by atoms with E-state index in [4.69, 9.17) is 9.57 Å². The Hall–Kier alpha value is -2.62. The molecule has 0 fully saturated rings. The Morgan fingerprint density at radius 3 is 2.61 bits per heavy atom. The minimum Gasteiger partial charge on any atom is -0.496 e. The highest BCUT2D eigenvalue weighted by Crippen LogP contribution is 2.34. The van der Waals surface area contributed by atoms with Crippen molar-refractivity contribution in [2.45, 2.75) is 13.3 Å². The van der Waals surface area contributed by atoms with Crippen LogP contribution in [0.15, 0.2) is 54.2 Å². The van der Waals surface area contributed by atoms with Crippen LogP contribution < -0.4 is 4.74 Å². The third-order valence-electron chi connectivity index (χ3n) is 3.57. The predicted octanol–water partition coefficient (Wildman–Crippen LogP) is 4.60. The normalized spacial score (nSPS) is 11.2. The minimum atomic E-state index is -0.299. The Balaban J connectivity index is 2.61. The molecule has 120 valence electrons. The van der Waals surface area contributed by atoms with Crippen molar-refractivity contribution in [2.24, 2.45) is 5.16 Å². The predicted molar refractivity (Wildman–Crippen MR) is 91.5 cm³/mol. The second-order valence-corrected chi connectivity index (χ2v) is 5.07. The van der Waals surface area contributed by atoms with Gasteiger partial charge in [-0.25, -0.2) is 4.39 Å². The van der Waals surface area contributed by atoms with Crippen molar-refractivity contribution in [1.82, 2.24) is 0 Å². The number of methoxy groups -OCH3 is 1. The van der Waals surface area contributed by atoms with Crippen LogP contribution in [0.4, 0.5) is 4.39 Å². The van der Waals surface area contributed by atoms with Gasteiger partial charge in [0, 0.05) is 5.56 Å². The van der Waals surface area contributed by atoms with Gasteiger partial charge in [-0.05, 0) is 54.3 Å². The fourth-order valence-electron chi connectivity index (χ4n) is 2.49. The molecule has 0 aliphatic rings. The number of benzene rings is 2. The van der Waals surface area contributed by atoms with Gasteiger partial charge < -0.3 is 9.57 Å². The molecule has 0 aliphatic carbocycles. The van der Waals surface area contributed by atoms with Crippen molar-refractivity contribution < 1.29 is 14.0 Å². The molecule has 0 heterocycles. The quantitative estimate of drug-likeness (QED) is 0.443. The fourth-order valence-corrected chi connectivity index (χ4v) is 2.49. The van der Waals surface area contributed by atoms with E-state index in [0.717, 1.165) is 28.0 Å². The maximum absolute atomic E-state index is 13.7. The van der Waals surface area contributed by atoms with Crippen LogP contribution in [-0.4, -0.2) is 19.9 Å². The van der Waals surface area contributed by atoms with Crippen molar-refractivity contribution in [2.75, 3.05) is 14.2 Å². The number of hydrogen-bond donors (Lipinski definition) is 0. The summed E-state index contributed by atoms with van der Waals surface area (Å²) >= 11 is 0. The average molecular weight is 313 g/mol. The molecule has 3 nitrogen and oxygen atoms in total. The van der Waals surface area contributed by atoms with E-state index in [1.165, 1.54) is 19.2 Å². The molecule has 0 unspecified atom stereocenters. The summed E-state index contributed by atoms with van der Waals surface area (Å²) < 4.78 is 19.1. The van der Waals surface area contributed by atoms with Gasteiger partial charge in [0.2, 0.25) is 0 Å². The monoisotopic (exact) mass is 313 g/mol. The van der Waals surface area contributed by atoms with Crippen molar-refractivity contribution in [3.63, 3.8) is 0 Å². The maximum Gasteiger partial charge on any atom is 0.126 e. The van der Waals surface area contributed by atoms with E-state index < -0.39 is 0 Å². The minimum absolute atomic E-state index is 0.299. The first-order chi connectivity index (χ1) is 11.1. The number of halogens is 1. The largest absolute Gasteiger partial charge is 0.496 e. The van der Waals surface area contributed by atoms with Gasteiger partial charge in [-0.2, -0.15) is 0 Å². The topological polar surface area (TPSA) is 30.8 Å². The van der Waals surface area contributed by atoms with Gasteiger partial charge in [-0.1, -0.05) is 23.4 Å². The van der Waals surface area contributed by atoms with E-state index in [0.29, 0.717) is 12.2 Å². The summed E-state index contributed by atoms with van der Waals surface area (Å²) in [5.41, 5.74) is 4.37. The Kier molecular flexibility index (Phi) is 5.52. The van der Waals surface area contributed by atoms with Crippen LogP contribution in [0, 0.1) is 5.82 Å². The Morgan fingerprint density at radius 2 is 1.96 bits per heavy atom. The molecule has 0 saturated heterocycles. The van der Waals surface area contributed by atoms with E-state index in [1.54, 1.807) is 13.2 Å². The van der Waals surface area contributed by atoms with Crippen LogP contribution in [0.2, 0.25) is 0 Å². The molecule has 2 aromatic carbocycles. The molecular weight excluding hydrogens is 293 g/mol. The zero-order valence-corrected chi connectivity index (χ0v) is 13.6. The average Bonchev–Trinajstić information content (AvgIpc) is 2.55. The number of nitrogens with zero attached hydrogens (tertiary/aromatic N) is 1. The number of ether oxygens (including phenoxy) is 1. The van der Waals surface area contributed by atoms with Gasteiger partial charge in [-0.15, -0.1) is 6.58 Å². The number of oxime groups is 1. The van der Waals surface area contributed by atoms with Crippen molar-refractivity contribution in [1.29, 1.82) is 0 Å². The molecule has 0 radical (unpaired) electrons. The summed E-state index contributed by atoms with van der Waals surface area (Å²) in [4.78, 5) is 4.82. The van der Waals surface area contributed by atoms with Crippen LogP contribution >= 0.6 is 0 Å². The Bertz CT molecular complexity index is 738. The van der Waals surface area contributed by atoms with Gasteiger partial charge in [0.1, 0.15) is 18.7 Å². The summed E-state index contributed by atoms with van der Waals surface area (Å²) in [7, 11) is 3.09. The number of hydrogen-bond acceptors (Lipinski definition) is 3. The van der Waals surface area contributed by atoms with Gasteiger partial charge in [0.05, 0.1) is 12.8 Å². The second kappa shape index (κ2) is 7.58. The molecule has 2 rings (SSSR count). The van der Waals surface area contributed by atoms with Crippen LogP contribution in [0.5, 0.6) is 5.75 Å². The van der Waals surface area contributed by atoms with Crippen molar-refractivity contribution in [3.05, 3.63) is 66.0 Å². The van der Waals surface area contributed by atoms with Crippen LogP contribution in [0.25, 0.3) is 11.1 Å². The van der Waals surface area contributed by atoms with Gasteiger partial charge >= 0.3 is 0 Å². The highest BCUT2D eigenvalue weighted by Gasteiger charge is 2.12. The fraction of sp³-hybridized carbons (Fsp3) is 0.211. The zero-order chi connectivity index (χ0) is 16.8. The smallest absolute Gasteiger partial charge is 0.126 e. The lowest BCUT2D eigenvalue weighted by molar-refractivity contribution is 0.213. The summed E-state index contributed by atoms with van der Waals surface area (Å²) in [6.45, 7) is 5.68.